The molecule has 0 spiro atoms. The summed E-state index contributed by atoms with van der Waals surface area (Å²) in [5.74, 6) is 0.335. The van der Waals surface area contributed by atoms with Crippen LogP contribution in [0.15, 0.2) is 64.5 Å². The first kappa shape index (κ1) is 21.1. The molecule has 0 fully saturated rings. The number of hydrogen-bond acceptors (Lipinski definition) is 5. The highest BCUT2D eigenvalue weighted by Crippen LogP contribution is 2.18. The van der Waals surface area contributed by atoms with E-state index in [-0.39, 0.29) is 23.1 Å². The van der Waals surface area contributed by atoms with Crippen LogP contribution in [0.3, 0.4) is 0 Å². The number of rotatable bonds is 9. The van der Waals surface area contributed by atoms with Crippen LogP contribution in [0.5, 0.6) is 0 Å². The lowest BCUT2D eigenvalue weighted by Gasteiger charge is -2.14. The third kappa shape index (κ3) is 5.46. The average Bonchev–Trinajstić information content (AvgIpc) is 2.76. The van der Waals surface area contributed by atoms with Crippen LogP contribution in [0.2, 0.25) is 0 Å². The third-order valence-electron chi connectivity index (χ3n) is 4.65. The van der Waals surface area contributed by atoms with Gasteiger partial charge in [0.05, 0.1) is 29.8 Å². The number of nitrogens with one attached hydrogen (secondary N) is 1. The van der Waals surface area contributed by atoms with Gasteiger partial charge >= 0.3 is 0 Å². The van der Waals surface area contributed by atoms with E-state index < -0.39 is 0 Å². The minimum Gasteiger partial charge on any atom is -0.383 e. The molecule has 7 heteroatoms. The van der Waals surface area contributed by atoms with E-state index in [0.717, 1.165) is 0 Å². The van der Waals surface area contributed by atoms with E-state index in [0.29, 0.717) is 35.8 Å². The largest absolute Gasteiger partial charge is 0.383 e. The summed E-state index contributed by atoms with van der Waals surface area (Å²) in [4.78, 5) is 29.8. The number of para-hydroxylation sites is 1. The van der Waals surface area contributed by atoms with Crippen molar-refractivity contribution < 1.29 is 9.53 Å². The number of ether oxygens (including phenoxy) is 1. The van der Waals surface area contributed by atoms with Crippen LogP contribution in [0.4, 0.5) is 0 Å². The van der Waals surface area contributed by atoms with Crippen molar-refractivity contribution in [2.24, 2.45) is 0 Å². The smallest absolute Gasteiger partial charge is 0.262 e. The second-order valence-corrected chi connectivity index (χ2v) is 7.71. The highest BCUT2D eigenvalue weighted by atomic mass is 32.2. The number of carbonyl (C=O) groups excluding carboxylic acids is 1. The Kier molecular flexibility index (Phi) is 7.43. The second-order valence-electron chi connectivity index (χ2n) is 6.77. The molecule has 1 aromatic heterocycles. The van der Waals surface area contributed by atoms with Gasteiger partial charge in [-0.05, 0) is 23.6 Å². The van der Waals surface area contributed by atoms with Gasteiger partial charge in [0.15, 0.2) is 5.16 Å². The molecule has 0 aliphatic rings. The molecule has 1 atom stereocenters. The molecular formula is C22H25N3O3S. The summed E-state index contributed by atoms with van der Waals surface area (Å²) < 4.78 is 6.70. The zero-order valence-corrected chi connectivity index (χ0v) is 17.4. The molecule has 152 valence electrons. The van der Waals surface area contributed by atoms with Crippen molar-refractivity contribution in [1.82, 2.24) is 14.9 Å². The van der Waals surface area contributed by atoms with Crippen molar-refractivity contribution in [3.05, 3.63) is 70.5 Å². The van der Waals surface area contributed by atoms with Gasteiger partial charge in [-0.15, -0.1) is 0 Å². The fraction of sp³-hybridized carbons (Fsp3) is 0.318. The molecule has 2 aromatic carbocycles. The summed E-state index contributed by atoms with van der Waals surface area (Å²) in [6.45, 7) is 3.43. The number of benzene rings is 2. The average molecular weight is 412 g/mol. The van der Waals surface area contributed by atoms with E-state index in [1.165, 1.54) is 17.3 Å². The molecule has 0 saturated heterocycles. The molecule has 29 heavy (non-hydrogen) atoms. The molecule has 0 bridgehead atoms. The second kappa shape index (κ2) is 10.2. The van der Waals surface area contributed by atoms with Crippen molar-refractivity contribution in [2.75, 3.05) is 26.0 Å². The summed E-state index contributed by atoms with van der Waals surface area (Å²) >= 11 is 1.27. The van der Waals surface area contributed by atoms with Crippen molar-refractivity contribution in [3.63, 3.8) is 0 Å². The Hall–Kier alpha value is -2.64. The van der Waals surface area contributed by atoms with Gasteiger partial charge in [0.25, 0.3) is 5.56 Å². The van der Waals surface area contributed by atoms with Crippen LogP contribution in [-0.2, 0) is 16.1 Å². The molecule has 0 aliphatic heterocycles. The first-order valence-electron chi connectivity index (χ1n) is 9.53. The first-order chi connectivity index (χ1) is 14.1. The predicted molar refractivity (Wildman–Crippen MR) is 116 cm³/mol. The van der Waals surface area contributed by atoms with E-state index in [9.17, 15) is 9.59 Å². The molecule has 6 nitrogen and oxygen atoms in total. The number of aromatic nitrogens is 2. The predicted octanol–water partition coefficient (Wildman–Crippen LogP) is 3.05. The molecule has 3 aromatic rings. The number of nitrogens with zero attached hydrogens (tertiary/aromatic N) is 2. The molecule has 0 radical (unpaired) electrons. The van der Waals surface area contributed by atoms with Crippen molar-refractivity contribution in [1.29, 1.82) is 0 Å². The van der Waals surface area contributed by atoms with E-state index in [4.69, 9.17) is 4.74 Å². The van der Waals surface area contributed by atoms with Gasteiger partial charge in [-0.25, -0.2) is 4.98 Å². The van der Waals surface area contributed by atoms with Crippen LogP contribution >= 0.6 is 11.8 Å². The summed E-state index contributed by atoms with van der Waals surface area (Å²) in [5.41, 5.74) is 1.70. The maximum Gasteiger partial charge on any atom is 0.262 e. The van der Waals surface area contributed by atoms with Gasteiger partial charge in [0.2, 0.25) is 5.91 Å². The molecular weight excluding hydrogens is 386 g/mol. The maximum absolute atomic E-state index is 12.8. The number of fused-ring (bicyclic) bond motifs is 1. The Morgan fingerprint density at radius 2 is 1.90 bits per heavy atom. The number of carbonyl (C=O) groups is 1. The highest BCUT2D eigenvalue weighted by Gasteiger charge is 2.14. The maximum atomic E-state index is 12.8. The van der Waals surface area contributed by atoms with Gasteiger partial charge in [0.1, 0.15) is 0 Å². The topological polar surface area (TPSA) is 73.2 Å². The van der Waals surface area contributed by atoms with Gasteiger partial charge in [-0.2, -0.15) is 0 Å². The summed E-state index contributed by atoms with van der Waals surface area (Å²) in [6.07, 6.45) is 0. The Morgan fingerprint density at radius 3 is 2.66 bits per heavy atom. The molecule has 1 amide bonds. The van der Waals surface area contributed by atoms with Crippen molar-refractivity contribution in [3.8, 4) is 0 Å². The summed E-state index contributed by atoms with van der Waals surface area (Å²) in [5, 5.41) is 4.05. The molecule has 1 N–H and O–H groups in total. The Bertz CT molecular complexity index is 1020. The standard InChI is InChI=1S/C22H25N3O3S/c1-16(17-8-4-3-5-9-17)14-23-20(26)15-29-22-24-19-11-7-6-10-18(19)21(27)25(22)12-13-28-2/h3-11,16H,12-15H2,1-2H3,(H,23,26)/t16-/m0/s1. The molecule has 0 unspecified atom stereocenters. The normalized spacial score (nSPS) is 12.1. The molecule has 3 rings (SSSR count). The van der Waals surface area contributed by atoms with Gasteiger partial charge in [-0.1, -0.05) is 61.2 Å². The van der Waals surface area contributed by atoms with Gasteiger partial charge in [-0.3, -0.25) is 14.2 Å². The molecule has 0 saturated carbocycles. The lowest BCUT2D eigenvalue weighted by molar-refractivity contribution is -0.118. The lowest BCUT2D eigenvalue weighted by Crippen LogP contribution is -2.30. The Morgan fingerprint density at radius 1 is 1.17 bits per heavy atom. The number of amides is 1. The van der Waals surface area contributed by atoms with Gasteiger partial charge in [0, 0.05) is 13.7 Å². The van der Waals surface area contributed by atoms with E-state index in [2.05, 4.69) is 29.4 Å². The highest BCUT2D eigenvalue weighted by molar-refractivity contribution is 7.99. The minimum absolute atomic E-state index is 0.0847. The van der Waals surface area contributed by atoms with Crippen LogP contribution < -0.4 is 10.9 Å². The third-order valence-corrected chi connectivity index (χ3v) is 5.63. The van der Waals surface area contributed by atoms with Crippen molar-refractivity contribution >= 4 is 28.6 Å². The zero-order valence-electron chi connectivity index (χ0n) is 16.6. The SMILES string of the molecule is COCCn1c(SCC(=O)NC[C@H](C)c2ccccc2)nc2ccccc2c1=O. The van der Waals surface area contributed by atoms with Crippen LogP contribution in [0.1, 0.15) is 18.4 Å². The fourth-order valence-corrected chi connectivity index (χ4v) is 3.84. The summed E-state index contributed by atoms with van der Waals surface area (Å²) in [6, 6.07) is 17.3. The molecule has 0 aliphatic carbocycles. The van der Waals surface area contributed by atoms with Crippen LogP contribution in [0.25, 0.3) is 10.9 Å². The minimum atomic E-state index is -0.117. The number of methoxy groups -OCH3 is 1. The Balaban J connectivity index is 1.67. The van der Waals surface area contributed by atoms with Crippen LogP contribution in [0, 0.1) is 0 Å². The van der Waals surface area contributed by atoms with E-state index in [1.54, 1.807) is 17.7 Å². The number of thioether (sulfide) groups is 1. The van der Waals surface area contributed by atoms with Gasteiger partial charge < -0.3 is 10.1 Å². The number of hydrogen-bond donors (Lipinski definition) is 1. The van der Waals surface area contributed by atoms with E-state index >= 15 is 0 Å². The Labute approximate surface area is 174 Å². The zero-order chi connectivity index (χ0) is 20.6. The monoisotopic (exact) mass is 411 g/mol. The van der Waals surface area contributed by atoms with Crippen molar-refractivity contribution in [2.45, 2.75) is 24.5 Å². The van der Waals surface area contributed by atoms with E-state index in [1.807, 2.05) is 36.4 Å². The quantitative estimate of drug-likeness (QED) is 0.433. The summed E-state index contributed by atoms with van der Waals surface area (Å²) in [7, 11) is 1.59. The lowest BCUT2D eigenvalue weighted by atomic mass is 10.0. The first-order valence-corrected chi connectivity index (χ1v) is 10.5. The molecule has 1 heterocycles. The van der Waals surface area contributed by atoms with Crippen LogP contribution in [-0.4, -0.2) is 41.5 Å². The fourth-order valence-electron chi connectivity index (χ4n) is 2.99.